The summed E-state index contributed by atoms with van der Waals surface area (Å²) < 4.78 is 18.0. The van der Waals surface area contributed by atoms with Gasteiger partial charge in [0.2, 0.25) is 5.95 Å². The van der Waals surface area contributed by atoms with Crippen molar-refractivity contribution in [2.75, 3.05) is 56.2 Å². The summed E-state index contributed by atoms with van der Waals surface area (Å²) in [7, 11) is 1.63. The number of carbonyl (C=O) groups excluding carboxylic acids is 1. The van der Waals surface area contributed by atoms with Crippen molar-refractivity contribution in [1.29, 1.82) is 0 Å². The number of piperazine rings is 1. The van der Waals surface area contributed by atoms with Crippen LogP contribution >= 0.6 is 0 Å². The molecule has 3 rings (SSSR count). The van der Waals surface area contributed by atoms with E-state index in [1.165, 1.54) is 12.1 Å². The summed E-state index contributed by atoms with van der Waals surface area (Å²) in [5.74, 6) is 0.112. The molecule has 0 bridgehead atoms. The first kappa shape index (κ1) is 19.0. The van der Waals surface area contributed by atoms with Crippen LogP contribution in [0.25, 0.3) is 0 Å². The number of halogens is 1. The van der Waals surface area contributed by atoms with Crippen molar-refractivity contribution in [3.63, 3.8) is 0 Å². The van der Waals surface area contributed by atoms with Crippen LogP contribution in [0.4, 0.5) is 16.0 Å². The van der Waals surface area contributed by atoms with Gasteiger partial charge >= 0.3 is 0 Å². The SMILES string of the molecule is COCCCNC(=O)c1ccnc(N2CCN(c3ccc(F)cc3)CC2)n1. The van der Waals surface area contributed by atoms with Gasteiger partial charge in [-0.05, 0) is 36.8 Å². The third kappa shape index (κ3) is 5.13. The lowest BCUT2D eigenvalue weighted by atomic mass is 10.2. The second-order valence-corrected chi connectivity index (χ2v) is 6.29. The van der Waals surface area contributed by atoms with E-state index in [0.717, 1.165) is 38.3 Å². The Kier molecular flexibility index (Phi) is 6.54. The van der Waals surface area contributed by atoms with Crippen molar-refractivity contribution < 1.29 is 13.9 Å². The summed E-state index contributed by atoms with van der Waals surface area (Å²) in [4.78, 5) is 25.2. The largest absolute Gasteiger partial charge is 0.385 e. The monoisotopic (exact) mass is 373 g/mol. The summed E-state index contributed by atoms with van der Waals surface area (Å²) in [6.45, 7) is 4.17. The summed E-state index contributed by atoms with van der Waals surface area (Å²) in [6, 6.07) is 8.13. The highest BCUT2D eigenvalue weighted by atomic mass is 19.1. The van der Waals surface area contributed by atoms with Gasteiger partial charge in [-0.3, -0.25) is 4.79 Å². The number of carbonyl (C=O) groups is 1. The molecule has 1 aromatic heterocycles. The van der Waals surface area contributed by atoms with Gasteiger partial charge in [0.25, 0.3) is 5.91 Å². The highest BCUT2D eigenvalue weighted by Gasteiger charge is 2.20. The molecule has 144 valence electrons. The third-order valence-corrected chi connectivity index (χ3v) is 4.44. The van der Waals surface area contributed by atoms with Gasteiger partial charge in [0.1, 0.15) is 11.5 Å². The molecule has 0 unspecified atom stereocenters. The van der Waals surface area contributed by atoms with Crippen LogP contribution < -0.4 is 15.1 Å². The minimum absolute atomic E-state index is 0.209. The molecule has 2 aromatic rings. The maximum absolute atomic E-state index is 13.1. The number of amides is 1. The molecule has 1 aromatic carbocycles. The predicted octanol–water partition coefficient (Wildman–Crippen LogP) is 1.71. The second kappa shape index (κ2) is 9.27. The molecule has 0 atom stereocenters. The predicted molar refractivity (Wildman–Crippen MR) is 102 cm³/mol. The molecule has 27 heavy (non-hydrogen) atoms. The fraction of sp³-hybridized carbons (Fsp3) is 0.421. The van der Waals surface area contributed by atoms with Gasteiger partial charge in [0.15, 0.2) is 0 Å². The number of methoxy groups -OCH3 is 1. The fourth-order valence-corrected chi connectivity index (χ4v) is 2.95. The van der Waals surface area contributed by atoms with Crippen LogP contribution in [0.2, 0.25) is 0 Å². The van der Waals surface area contributed by atoms with Gasteiger partial charge in [0, 0.05) is 58.3 Å². The Labute approximate surface area is 158 Å². The number of hydrogen-bond acceptors (Lipinski definition) is 6. The molecule has 8 heteroatoms. The Morgan fingerprint density at radius 1 is 1.15 bits per heavy atom. The molecule has 0 radical (unpaired) electrons. The van der Waals surface area contributed by atoms with Crippen molar-refractivity contribution in [2.45, 2.75) is 6.42 Å². The van der Waals surface area contributed by atoms with E-state index in [4.69, 9.17) is 4.74 Å². The number of rotatable bonds is 7. The molecule has 0 spiro atoms. The molecule has 1 fully saturated rings. The summed E-state index contributed by atoms with van der Waals surface area (Å²) in [5, 5.41) is 2.83. The maximum Gasteiger partial charge on any atom is 0.270 e. The van der Waals surface area contributed by atoms with Gasteiger partial charge in [-0.2, -0.15) is 0 Å². The van der Waals surface area contributed by atoms with E-state index >= 15 is 0 Å². The van der Waals surface area contributed by atoms with Crippen LogP contribution in [0.3, 0.4) is 0 Å². The Morgan fingerprint density at radius 2 is 1.85 bits per heavy atom. The quantitative estimate of drug-likeness (QED) is 0.745. The number of ether oxygens (including phenoxy) is 1. The molecule has 1 N–H and O–H groups in total. The molecule has 1 saturated heterocycles. The minimum atomic E-state index is -0.233. The Morgan fingerprint density at radius 3 is 2.56 bits per heavy atom. The van der Waals surface area contributed by atoms with Crippen LogP contribution in [0.1, 0.15) is 16.9 Å². The maximum atomic E-state index is 13.1. The molecular formula is C19H24FN5O2. The minimum Gasteiger partial charge on any atom is -0.385 e. The van der Waals surface area contributed by atoms with Crippen molar-refractivity contribution in [2.24, 2.45) is 0 Å². The first-order valence-corrected chi connectivity index (χ1v) is 9.03. The average molecular weight is 373 g/mol. The first-order chi connectivity index (χ1) is 13.2. The van der Waals surface area contributed by atoms with E-state index in [2.05, 4.69) is 25.1 Å². The van der Waals surface area contributed by atoms with Crippen molar-refractivity contribution in [1.82, 2.24) is 15.3 Å². The lowest BCUT2D eigenvalue weighted by Crippen LogP contribution is -2.47. The van der Waals surface area contributed by atoms with Crippen LogP contribution in [0, 0.1) is 5.82 Å². The zero-order chi connectivity index (χ0) is 19.1. The smallest absolute Gasteiger partial charge is 0.270 e. The summed E-state index contributed by atoms with van der Waals surface area (Å²) in [5.41, 5.74) is 1.36. The Bertz CT molecular complexity index is 748. The first-order valence-electron chi connectivity index (χ1n) is 9.03. The van der Waals surface area contributed by atoms with Crippen LogP contribution in [-0.4, -0.2) is 62.3 Å². The number of aromatic nitrogens is 2. The molecule has 7 nitrogen and oxygen atoms in total. The van der Waals surface area contributed by atoms with Gasteiger partial charge in [-0.1, -0.05) is 0 Å². The number of hydrogen-bond donors (Lipinski definition) is 1. The van der Waals surface area contributed by atoms with Crippen molar-refractivity contribution in [3.8, 4) is 0 Å². The van der Waals surface area contributed by atoms with E-state index in [1.807, 2.05) is 0 Å². The fourth-order valence-electron chi connectivity index (χ4n) is 2.95. The highest BCUT2D eigenvalue weighted by molar-refractivity contribution is 5.92. The molecule has 0 saturated carbocycles. The second-order valence-electron chi connectivity index (χ2n) is 6.29. The van der Waals surface area contributed by atoms with E-state index in [9.17, 15) is 9.18 Å². The van der Waals surface area contributed by atoms with E-state index in [0.29, 0.717) is 24.8 Å². The van der Waals surface area contributed by atoms with E-state index in [-0.39, 0.29) is 11.7 Å². The van der Waals surface area contributed by atoms with E-state index < -0.39 is 0 Å². The van der Waals surface area contributed by atoms with Crippen molar-refractivity contribution >= 4 is 17.5 Å². The number of nitrogens with one attached hydrogen (secondary N) is 1. The highest BCUT2D eigenvalue weighted by Crippen LogP contribution is 2.18. The normalized spacial score (nSPS) is 14.3. The van der Waals surface area contributed by atoms with Crippen LogP contribution in [0.15, 0.2) is 36.5 Å². The summed E-state index contributed by atoms with van der Waals surface area (Å²) in [6.07, 6.45) is 2.37. The topological polar surface area (TPSA) is 70.6 Å². The van der Waals surface area contributed by atoms with Gasteiger partial charge in [-0.15, -0.1) is 0 Å². The lowest BCUT2D eigenvalue weighted by molar-refractivity contribution is 0.0943. The molecule has 1 amide bonds. The molecular weight excluding hydrogens is 349 g/mol. The number of benzene rings is 1. The zero-order valence-corrected chi connectivity index (χ0v) is 15.4. The lowest BCUT2D eigenvalue weighted by Gasteiger charge is -2.36. The van der Waals surface area contributed by atoms with Gasteiger partial charge < -0.3 is 19.9 Å². The molecule has 0 aliphatic carbocycles. The number of nitrogens with zero attached hydrogens (tertiary/aromatic N) is 4. The van der Waals surface area contributed by atoms with E-state index in [1.54, 1.807) is 31.5 Å². The molecule has 2 heterocycles. The summed E-state index contributed by atoms with van der Waals surface area (Å²) >= 11 is 0. The average Bonchev–Trinajstić information content (AvgIpc) is 2.72. The molecule has 1 aliphatic rings. The van der Waals surface area contributed by atoms with Gasteiger partial charge in [0.05, 0.1) is 0 Å². The molecule has 1 aliphatic heterocycles. The van der Waals surface area contributed by atoms with Gasteiger partial charge in [-0.25, -0.2) is 14.4 Å². The van der Waals surface area contributed by atoms with Crippen LogP contribution in [0.5, 0.6) is 0 Å². The standard InChI is InChI=1S/C19H24FN5O2/c1-27-14-2-8-21-18(26)17-7-9-22-19(23-17)25-12-10-24(11-13-25)16-5-3-15(20)4-6-16/h3-7,9H,2,8,10-14H2,1H3,(H,21,26). The number of anilines is 2. The van der Waals surface area contributed by atoms with Crippen LogP contribution in [-0.2, 0) is 4.74 Å². The Hall–Kier alpha value is -2.74. The third-order valence-electron chi connectivity index (χ3n) is 4.44. The van der Waals surface area contributed by atoms with Crippen molar-refractivity contribution in [3.05, 3.63) is 48.0 Å². The zero-order valence-electron chi connectivity index (χ0n) is 15.4. The Balaban J connectivity index is 1.56.